The van der Waals surface area contributed by atoms with E-state index in [1.807, 2.05) is 43.3 Å². The molecular formula is C16H19ClN2O. The third-order valence-corrected chi connectivity index (χ3v) is 3.52. The van der Waals surface area contributed by atoms with Gasteiger partial charge in [0.05, 0.1) is 12.8 Å². The lowest BCUT2D eigenvalue weighted by atomic mass is 10.1. The molecule has 20 heavy (non-hydrogen) atoms. The van der Waals surface area contributed by atoms with Gasteiger partial charge in [0.1, 0.15) is 5.75 Å². The Morgan fingerprint density at radius 1 is 1.30 bits per heavy atom. The number of benzene rings is 1. The van der Waals surface area contributed by atoms with E-state index in [-0.39, 0.29) is 6.04 Å². The van der Waals surface area contributed by atoms with E-state index < -0.39 is 0 Å². The van der Waals surface area contributed by atoms with Crippen molar-refractivity contribution in [3.8, 4) is 5.75 Å². The molecule has 1 N–H and O–H groups in total. The number of nitrogens with zero attached hydrogens (tertiary/aromatic N) is 1. The Kier molecular flexibility index (Phi) is 4.99. The number of pyridine rings is 1. The number of aryl methyl sites for hydroxylation is 1. The van der Waals surface area contributed by atoms with E-state index in [9.17, 15) is 0 Å². The summed E-state index contributed by atoms with van der Waals surface area (Å²) in [5, 5.41) is 4.21. The maximum atomic E-state index is 6.20. The van der Waals surface area contributed by atoms with E-state index in [0.717, 1.165) is 27.7 Å². The van der Waals surface area contributed by atoms with Crippen molar-refractivity contribution in [2.75, 3.05) is 7.11 Å². The molecule has 0 unspecified atom stereocenters. The van der Waals surface area contributed by atoms with E-state index in [1.54, 1.807) is 7.11 Å². The highest BCUT2D eigenvalue weighted by Gasteiger charge is 2.09. The molecule has 0 aliphatic rings. The molecule has 0 spiro atoms. The van der Waals surface area contributed by atoms with E-state index in [0.29, 0.717) is 6.54 Å². The lowest BCUT2D eigenvalue weighted by Gasteiger charge is -2.16. The van der Waals surface area contributed by atoms with Crippen LogP contribution in [0.1, 0.15) is 29.9 Å². The van der Waals surface area contributed by atoms with E-state index in [4.69, 9.17) is 16.3 Å². The molecule has 1 heterocycles. The Bertz CT molecular complexity index is 586. The number of hydrogen-bond donors (Lipinski definition) is 1. The lowest BCUT2D eigenvalue weighted by molar-refractivity contribution is 0.412. The SMILES string of the molecule is COc1cc(C)nc(CN[C@@H](C)c2ccccc2Cl)c1. The minimum absolute atomic E-state index is 0.164. The lowest BCUT2D eigenvalue weighted by Crippen LogP contribution is -2.19. The standard InChI is InChI=1S/C16H19ClN2O/c1-11-8-14(20-3)9-13(19-11)10-18-12(2)15-6-4-5-7-16(15)17/h4-9,12,18H,10H2,1-3H3/t12-/m0/s1. The van der Waals surface area contributed by atoms with E-state index in [1.165, 1.54) is 0 Å². The molecule has 2 aromatic rings. The van der Waals surface area contributed by atoms with Crippen molar-refractivity contribution in [3.05, 3.63) is 58.4 Å². The second kappa shape index (κ2) is 6.73. The second-order valence-corrected chi connectivity index (χ2v) is 5.17. The van der Waals surface area contributed by atoms with Gasteiger partial charge in [0, 0.05) is 35.4 Å². The number of rotatable bonds is 5. The minimum Gasteiger partial charge on any atom is -0.497 e. The highest BCUT2D eigenvalue weighted by atomic mass is 35.5. The van der Waals surface area contributed by atoms with Gasteiger partial charge in [-0.2, -0.15) is 0 Å². The normalized spacial score (nSPS) is 12.2. The summed E-state index contributed by atoms with van der Waals surface area (Å²) in [6.07, 6.45) is 0. The largest absolute Gasteiger partial charge is 0.497 e. The average Bonchev–Trinajstić information content (AvgIpc) is 2.44. The van der Waals surface area contributed by atoms with Crippen molar-refractivity contribution in [2.24, 2.45) is 0 Å². The fourth-order valence-corrected chi connectivity index (χ4v) is 2.40. The molecule has 0 saturated carbocycles. The van der Waals surface area contributed by atoms with Crippen molar-refractivity contribution in [1.82, 2.24) is 10.3 Å². The first-order valence-electron chi connectivity index (χ1n) is 6.59. The second-order valence-electron chi connectivity index (χ2n) is 4.76. The molecule has 0 bridgehead atoms. The van der Waals surface area contributed by atoms with Gasteiger partial charge >= 0.3 is 0 Å². The van der Waals surface area contributed by atoms with Crippen LogP contribution >= 0.6 is 11.6 Å². The fraction of sp³-hybridized carbons (Fsp3) is 0.312. The molecule has 0 aliphatic carbocycles. The summed E-state index contributed by atoms with van der Waals surface area (Å²) >= 11 is 6.20. The number of ether oxygens (including phenoxy) is 1. The first-order valence-corrected chi connectivity index (χ1v) is 6.97. The van der Waals surface area contributed by atoms with Crippen LogP contribution < -0.4 is 10.1 Å². The zero-order valence-corrected chi connectivity index (χ0v) is 12.7. The van der Waals surface area contributed by atoms with Crippen LogP contribution in [0.25, 0.3) is 0 Å². The van der Waals surface area contributed by atoms with Crippen LogP contribution in [0.2, 0.25) is 5.02 Å². The summed E-state index contributed by atoms with van der Waals surface area (Å²) < 4.78 is 5.26. The van der Waals surface area contributed by atoms with Gasteiger partial charge in [0.25, 0.3) is 0 Å². The van der Waals surface area contributed by atoms with E-state index in [2.05, 4.69) is 17.2 Å². The van der Waals surface area contributed by atoms with Crippen LogP contribution in [-0.4, -0.2) is 12.1 Å². The molecule has 3 nitrogen and oxygen atoms in total. The molecule has 0 saturated heterocycles. The van der Waals surface area contributed by atoms with Gasteiger partial charge in [-0.05, 0) is 25.5 Å². The van der Waals surface area contributed by atoms with Crippen LogP contribution in [0.3, 0.4) is 0 Å². The molecule has 1 aromatic carbocycles. The molecule has 0 aliphatic heterocycles. The number of aromatic nitrogens is 1. The zero-order valence-electron chi connectivity index (χ0n) is 12.0. The summed E-state index contributed by atoms with van der Waals surface area (Å²) in [5.74, 6) is 0.833. The Balaban J connectivity index is 2.05. The topological polar surface area (TPSA) is 34.1 Å². The number of hydrogen-bond acceptors (Lipinski definition) is 3. The van der Waals surface area contributed by atoms with Crippen molar-refractivity contribution >= 4 is 11.6 Å². The maximum absolute atomic E-state index is 6.20. The van der Waals surface area contributed by atoms with Gasteiger partial charge < -0.3 is 10.1 Å². The summed E-state index contributed by atoms with van der Waals surface area (Å²) in [4.78, 5) is 4.49. The Morgan fingerprint density at radius 3 is 2.75 bits per heavy atom. The van der Waals surface area contributed by atoms with Crippen LogP contribution in [-0.2, 0) is 6.54 Å². The van der Waals surface area contributed by atoms with Gasteiger partial charge in [-0.1, -0.05) is 29.8 Å². The zero-order chi connectivity index (χ0) is 14.5. The monoisotopic (exact) mass is 290 g/mol. The van der Waals surface area contributed by atoms with Crippen LogP contribution in [0.5, 0.6) is 5.75 Å². The van der Waals surface area contributed by atoms with Crippen LogP contribution in [0.15, 0.2) is 36.4 Å². The fourth-order valence-electron chi connectivity index (χ4n) is 2.11. The van der Waals surface area contributed by atoms with Crippen molar-refractivity contribution < 1.29 is 4.74 Å². The summed E-state index contributed by atoms with van der Waals surface area (Å²) in [6.45, 7) is 4.72. The van der Waals surface area contributed by atoms with Gasteiger partial charge in [0.15, 0.2) is 0 Å². The first-order chi connectivity index (χ1) is 9.60. The summed E-state index contributed by atoms with van der Waals surface area (Å²) in [5.41, 5.74) is 3.00. The van der Waals surface area contributed by atoms with Crippen molar-refractivity contribution in [1.29, 1.82) is 0 Å². The molecule has 2 rings (SSSR count). The quantitative estimate of drug-likeness (QED) is 0.907. The van der Waals surface area contributed by atoms with Gasteiger partial charge in [-0.15, -0.1) is 0 Å². The average molecular weight is 291 g/mol. The highest BCUT2D eigenvalue weighted by Crippen LogP contribution is 2.22. The molecule has 1 atom stereocenters. The molecule has 0 amide bonds. The molecule has 0 fully saturated rings. The molecular weight excluding hydrogens is 272 g/mol. The smallest absolute Gasteiger partial charge is 0.122 e. The van der Waals surface area contributed by atoms with Gasteiger partial charge in [0.2, 0.25) is 0 Å². The number of halogens is 1. The number of nitrogens with one attached hydrogen (secondary N) is 1. The van der Waals surface area contributed by atoms with E-state index >= 15 is 0 Å². The molecule has 4 heteroatoms. The predicted molar refractivity (Wildman–Crippen MR) is 82.2 cm³/mol. The van der Waals surface area contributed by atoms with Crippen LogP contribution in [0, 0.1) is 6.92 Å². The molecule has 0 radical (unpaired) electrons. The third-order valence-electron chi connectivity index (χ3n) is 3.18. The van der Waals surface area contributed by atoms with Gasteiger partial charge in [-0.3, -0.25) is 4.98 Å². The summed E-state index contributed by atoms with van der Waals surface area (Å²) in [6, 6.07) is 11.9. The van der Waals surface area contributed by atoms with Gasteiger partial charge in [-0.25, -0.2) is 0 Å². The minimum atomic E-state index is 0.164. The molecule has 1 aromatic heterocycles. The Morgan fingerprint density at radius 2 is 2.05 bits per heavy atom. The first kappa shape index (κ1) is 14.8. The Hall–Kier alpha value is -1.58. The Labute approximate surface area is 124 Å². The predicted octanol–water partition coefficient (Wildman–Crippen LogP) is 3.90. The molecule has 106 valence electrons. The maximum Gasteiger partial charge on any atom is 0.122 e. The number of methoxy groups -OCH3 is 1. The van der Waals surface area contributed by atoms with Crippen LogP contribution in [0.4, 0.5) is 0 Å². The van der Waals surface area contributed by atoms with Crippen molar-refractivity contribution in [3.63, 3.8) is 0 Å². The summed E-state index contributed by atoms with van der Waals surface area (Å²) in [7, 11) is 1.67. The highest BCUT2D eigenvalue weighted by molar-refractivity contribution is 6.31. The van der Waals surface area contributed by atoms with Crippen molar-refractivity contribution in [2.45, 2.75) is 26.4 Å². The third kappa shape index (κ3) is 3.71.